The molecule has 0 unspecified atom stereocenters. The van der Waals surface area contributed by atoms with E-state index in [1.165, 1.54) is 72.3 Å². The van der Waals surface area contributed by atoms with Crippen LogP contribution in [0.5, 0.6) is 0 Å². The molecule has 5 aromatic rings. The topological polar surface area (TPSA) is 77.8 Å². The number of hydrogen-bond acceptors (Lipinski definition) is 6. The Hall–Kier alpha value is -2.08. The molecule has 0 radical (unpaired) electrons. The van der Waals surface area contributed by atoms with Gasteiger partial charge in [0, 0.05) is 0 Å². The average molecular weight is 1290 g/mol. The van der Waals surface area contributed by atoms with E-state index in [4.69, 9.17) is 29.9 Å². The van der Waals surface area contributed by atoms with Crippen molar-refractivity contribution in [3.63, 3.8) is 0 Å². The Morgan fingerprint density at radius 3 is 0.846 bits per heavy atom. The molecule has 0 spiro atoms. The van der Waals surface area contributed by atoms with Gasteiger partial charge in [-0.15, -0.1) is 0 Å². The van der Waals surface area contributed by atoms with Gasteiger partial charge in [-0.2, -0.15) is 0 Å². The van der Waals surface area contributed by atoms with Crippen molar-refractivity contribution in [1.82, 2.24) is 20.6 Å². The molecule has 0 saturated carbocycles. The summed E-state index contributed by atoms with van der Waals surface area (Å²) in [7, 11) is 0. The van der Waals surface area contributed by atoms with Crippen molar-refractivity contribution in [2.75, 3.05) is 0 Å². The molecule has 434 valence electrons. The van der Waals surface area contributed by atoms with E-state index in [0.29, 0.717) is 33.3 Å². The minimum absolute atomic E-state index is 0.215. The van der Waals surface area contributed by atoms with E-state index in [1.807, 2.05) is 0 Å². The first-order valence-corrected chi connectivity index (χ1v) is 48.2. The third-order valence-electron chi connectivity index (χ3n) is 20.0. The van der Waals surface area contributed by atoms with E-state index < -0.39 is 47.6 Å². The summed E-state index contributed by atoms with van der Waals surface area (Å²) >= 11 is -6.67. The van der Waals surface area contributed by atoms with Crippen molar-refractivity contribution < 1.29 is 18.0 Å². The summed E-state index contributed by atoms with van der Waals surface area (Å²) in [6.07, 6.45) is 34.3. The average Bonchev–Trinajstić information content (AvgIpc) is 4.36. The first-order chi connectivity index (χ1) is 38.1. The predicted molar refractivity (Wildman–Crippen MR) is 334 cm³/mol. The Morgan fingerprint density at radius 2 is 0.590 bits per heavy atom. The SMILES string of the molecule is CCCCCCC1(CCCCCC)c2c[c]([Sn]([CH2]CCC)([CH2]CCC)[CH2]CCC)c3nonc3c2-c2c(F)c3c(c(F)c21)-c1c(c[c]([Sn]([CH2]CCC)([CH2]CCC)[CH2]CCC)c2nonc12)C3(CCCCCC)CCCCCC. The van der Waals surface area contributed by atoms with Crippen LogP contribution in [0.15, 0.2) is 21.4 Å². The molecule has 2 aliphatic carbocycles. The van der Waals surface area contributed by atoms with E-state index in [1.54, 1.807) is 0 Å². The van der Waals surface area contributed by atoms with Crippen LogP contribution < -0.4 is 7.16 Å². The van der Waals surface area contributed by atoms with Crippen molar-refractivity contribution >= 4 is 66.0 Å². The van der Waals surface area contributed by atoms with Gasteiger partial charge in [-0.3, -0.25) is 0 Å². The molecule has 0 saturated heterocycles. The second kappa shape index (κ2) is 30.5. The number of fused-ring (bicyclic) bond motifs is 10. The van der Waals surface area contributed by atoms with Crippen molar-refractivity contribution in [3.8, 4) is 22.3 Å². The third-order valence-corrected chi connectivity index (χ3v) is 51.1. The summed E-state index contributed by atoms with van der Waals surface area (Å²) in [4.78, 5) is 0. The van der Waals surface area contributed by atoms with Gasteiger partial charge < -0.3 is 0 Å². The molecule has 2 aromatic heterocycles. The van der Waals surface area contributed by atoms with E-state index in [-0.39, 0.29) is 11.6 Å². The van der Waals surface area contributed by atoms with Crippen LogP contribution in [0.1, 0.15) is 297 Å². The molecule has 0 fully saturated rings. The van der Waals surface area contributed by atoms with Gasteiger partial charge in [0.1, 0.15) is 0 Å². The summed E-state index contributed by atoms with van der Waals surface area (Å²) in [5.74, 6) is -0.431. The fraction of sp³-hybridized carbons (Fsp3) is 0.735. The Labute approximate surface area is 481 Å². The molecule has 0 N–H and O–H groups in total. The van der Waals surface area contributed by atoms with Gasteiger partial charge >= 0.3 is 485 Å². The molecule has 2 aliphatic rings. The van der Waals surface area contributed by atoms with Crippen LogP contribution >= 0.6 is 0 Å². The molecule has 6 nitrogen and oxygen atoms in total. The maximum atomic E-state index is 20.3. The Morgan fingerprint density at radius 1 is 0.333 bits per heavy atom. The van der Waals surface area contributed by atoms with Crippen LogP contribution in [0.3, 0.4) is 0 Å². The second-order valence-electron chi connectivity index (χ2n) is 25.3. The Balaban J connectivity index is 1.68. The van der Waals surface area contributed by atoms with Crippen LogP contribution in [-0.4, -0.2) is 57.4 Å². The van der Waals surface area contributed by atoms with Gasteiger partial charge in [0.25, 0.3) is 0 Å². The molecular formula is C68H108F2N4O2Sn2. The number of rotatable bonds is 40. The van der Waals surface area contributed by atoms with Gasteiger partial charge in [0.2, 0.25) is 0 Å². The summed E-state index contributed by atoms with van der Waals surface area (Å²) in [6.45, 7) is 23.1. The number of unbranched alkanes of at least 4 members (excludes halogenated alkanes) is 18. The summed E-state index contributed by atoms with van der Waals surface area (Å²) in [6, 6.07) is 5.14. The van der Waals surface area contributed by atoms with Crippen molar-refractivity contribution in [2.45, 2.75) is 312 Å². The number of aromatic nitrogens is 4. The van der Waals surface area contributed by atoms with Gasteiger partial charge in [0.15, 0.2) is 0 Å². The zero-order valence-electron chi connectivity index (χ0n) is 51.4. The van der Waals surface area contributed by atoms with Gasteiger partial charge in [-0.25, -0.2) is 0 Å². The fourth-order valence-corrected chi connectivity index (χ4v) is 48.5. The van der Waals surface area contributed by atoms with E-state index in [0.717, 1.165) is 200 Å². The van der Waals surface area contributed by atoms with E-state index >= 15 is 8.78 Å². The molecule has 2 heterocycles. The fourth-order valence-electron chi connectivity index (χ4n) is 15.6. The van der Waals surface area contributed by atoms with Gasteiger partial charge in [-0.05, 0) is 0 Å². The van der Waals surface area contributed by atoms with Crippen molar-refractivity contribution in [1.29, 1.82) is 0 Å². The second-order valence-corrected chi connectivity index (χ2v) is 51.6. The van der Waals surface area contributed by atoms with Crippen molar-refractivity contribution in [3.05, 3.63) is 46.0 Å². The third kappa shape index (κ3) is 12.7. The quantitative estimate of drug-likeness (QED) is 0.0287. The first kappa shape index (κ1) is 63.5. The number of hydrogen-bond donors (Lipinski definition) is 0. The standard InChI is InChI=1S/C44H54F2N4O2.6C4H9.2Sn/c1-5-9-13-17-25-43(26-18-14-10-6-2)29-21-23-31-41(49-51-47-31)33(29)35-37(43)39(45)36-34-30(22-24-32-42(34)50-52-48-32)44(38(36)40(35)46,27-19-15-11-7-3)28-20-16-12-8-4;6*1-3-4-2;;/h21-22H,5-20,25-28H2,1-4H3;6*1,3-4H2,2H3;;. The van der Waals surface area contributed by atoms with E-state index in [2.05, 4.69) is 81.4 Å². The maximum absolute atomic E-state index is 20.3. The van der Waals surface area contributed by atoms with Crippen molar-refractivity contribution in [2.24, 2.45) is 0 Å². The number of halogens is 2. The zero-order chi connectivity index (χ0) is 55.8. The zero-order valence-corrected chi connectivity index (χ0v) is 57.1. The number of benzene rings is 3. The molecule has 10 heteroatoms. The van der Waals surface area contributed by atoms with Crippen LogP contribution in [-0.2, 0) is 10.8 Å². The van der Waals surface area contributed by atoms with Crippen LogP contribution in [0, 0.1) is 11.6 Å². The molecule has 78 heavy (non-hydrogen) atoms. The monoisotopic (exact) mass is 1290 g/mol. The minimum atomic E-state index is -3.34. The van der Waals surface area contributed by atoms with Crippen LogP contribution in [0.2, 0.25) is 26.6 Å². The molecule has 0 atom stereocenters. The van der Waals surface area contributed by atoms with Crippen LogP contribution in [0.4, 0.5) is 8.78 Å². The van der Waals surface area contributed by atoms with E-state index in [9.17, 15) is 0 Å². The molecule has 0 amide bonds. The summed E-state index contributed by atoms with van der Waals surface area (Å²) in [5, 5.41) is 19.8. The number of nitrogens with zero attached hydrogens (tertiary/aromatic N) is 4. The predicted octanol–water partition coefficient (Wildman–Crippen LogP) is 21.6. The molecule has 7 rings (SSSR count). The van der Waals surface area contributed by atoms with Gasteiger partial charge in [0.05, 0.1) is 0 Å². The van der Waals surface area contributed by atoms with Crippen LogP contribution in [0.25, 0.3) is 44.3 Å². The first-order valence-electron chi connectivity index (χ1n) is 33.3. The summed E-state index contributed by atoms with van der Waals surface area (Å²) in [5.41, 5.74) is 7.61. The normalized spacial score (nSPS) is 14.5. The Bertz CT molecular complexity index is 2410. The Kier molecular flexibility index (Phi) is 24.8. The molecular weight excluding hydrogens is 1180 g/mol. The van der Waals surface area contributed by atoms with Gasteiger partial charge in [-0.1, -0.05) is 0 Å². The molecule has 0 aliphatic heterocycles. The summed E-state index contributed by atoms with van der Waals surface area (Å²) < 4.78 is 63.1. The molecule has 0 bridgehead atoms. The molecule has 3 aromatic carbocycles.